The Hall–Kier alpha value is -3.29. The summed E-state index contributed by atoms with van der Waals surface area (Å²) in [5.74, 6) is 1.32. The monoisotopic (exact) mass is 294 g/mol. The van der Waals surface area contributed by atoms with Gasteiger partial charge in [-0.15, -0.1) is 0 Å². The van der Waals surface area contributed by atoms with Crippen molar-refractivity contribution in [2.45, 2.75) is 0 Å². The number of fused-ring (bicyclic) bond motifs is 1. The first kappa shape index (κ1) is 12.5. The maximum absolute atomic E-state index is 5.32. The van der Waals surface area contributed by atoms with Gasteiger partial charge in [0.25, 0.3) is 5.89 Å². The lowest BCUT2D eigenvalue weighted by molar-refractivity contribution is 0.397. The zero-order chi connectivity index (χ0) is 14.9. The summed E-state index contributed by atoms with van der Waals surface area (Å²) >= 11 is 0. The van der Waals surface area contributed by atoms with Crippen molar-refractivity contribution < 1.29 is 9.26 Å². The van der Waals surface area contributed by atoms with E-state index in [1.807, 2.05) is 4.40 Å². The highest BCUT2D eigenvalue weighted by Crippen LogP contribution is 2.24. The van der Waals surface area contributed by atoms with Gasteiger partial charge in [-0.1, -0.05) is 5.16 Å². The molecule has 0 spiro atoms. The van der Waals surface area contributed by atoms with Crippen LogP contribution in [0.1, 0.15) is 0 Å². The zero-order valence-corrected chi connectivity index (χ0v) is 11.5. The van der Waals surface area contributed by atoms with E-state index in [4.69, 9.17) is 9.26 Å². The van der Waals surface area contributed by atoms with Crippen LogP contribution < -0.4 is 4.74 Å². The second-order valence-corrected chi connectivity index (χ2v) is 4.46. The van der Waals surface area contributed by atoms with Crippen molar-refractivity contribution in [1.82, 2.24) is 29.5 Å². The maximum Gasteiger partial charge on any atom is 0.258 e. The van der Waals surface area contributed by atoms with Gasteiger partial charge in [0, 0.05) is 30.2 Å². The molecule has 0 radical (unpaired) electrons. The molecule has 0 saturated carbocycles. The molecular weight excluding hydrogens is 284 g/mol. The topological polar surface area (TPSA) is 91.2 Å². The van der Waals surface area contributed by atoms with Gasteiger partial charge in [-0.05, 0) is 6.07 Å². The van der Waals surface area contributed by atoms with Crippen LogP contribution in [-0.2, 0) is 0 Å². The largest absolute Gasteiger partial charge is 0.481 e. The molecule has 0 unspecified atom stereocenters. The molecule has 0 aliphatic rings. The Bertz CT molecular complexity index is 945. The van der Waals surface area contributed by atoms with Crippen molar-refractivity contribution in [2.75, 3.05) is 7.11 Å². The molecule has 0 amide bonds. The number of aromatic nitrogens is 6. The van der Waals surface area contributed by atoms with E-state index in [0.717, 1.165) is 16.9 Å². The smallest absolute Gasteiger partial charge is 0.258 e. The Balaban J connectivity index is 1.78. The van der Waals surface area contributed by atoms with Crippen LogP contribution in [-0.4, -0.2) is 36.6 Å². The highest BCUT2D eigenvalue weighted by Gasteiger charge is 2.15. The minimum Gasteiger partial charge on any atom is -0.481 e. The predicted molar refractivity (Wildman–Crippen MR) is 76.1 cm³/mol. The third-order valence-corrected chi connectivity index (χ3v) is 3.16. The Kier molecular flexibility index (Phi) is 2.78. The first-order valence-electron chi connectivity index (χ1n) is 6.47. The Morgan fingerprint density at radius 2 is 2.14 bits per heavy atom. The van der Waals surface area contributed by atoms with E-state index >= 15 is 0 Å². The minimum absolute atomic E-state index is 0.389. The summed E-state index contributed by atoms with van der Waals surface area (Å²) in [6.07, 6.45) is 8.44. The number of rotatable bonds is 3. The van der Waals surface area contributed by atoms with Gasteiger partial charge in [0.15, 0.2) is 5.65 Å². The molecule has 0 N–H and O–H groups in total. The lowest BCUT2D eigenvalue weighted by Crippen LogP contribution is -1.90. The number of ether oxygens (including phenoxy) is 1. The summed E-state index contributed by atoms with van der Waals surface area (Å²) in [6, 6.07) is 3.51. The molecule has 0 aliphatic carbocycles. The Morgan fingerprint density at radius 3 is 3.05 bits per heavy atom. The van der Waals surface area contributed by atoms with Crippen LogP contribution in [0.5, 0.6) is 5.88 Å². The molecule has 8 nitrogen and oxygen atoms in total. The number of imidazole rings is 1. The number of hydrogen-bond acceptors (Lipinski definition) is 7. The lowest BCUT2D eigenvalue weighted by Gasteiger charge is -1.98. The van der Waals surface area contributed by atoms with Crippen molar-refractivity contribution in [3.8, 4) is 28.9 Å². The first-order valence-corrected chi connectivity index (χ1v) is 6.47. The highest BCUT2D eigenvalue weighted by atomic mass is 16.5. The molecule has 4 rings (SSSR count). The molecule has 108 valence electrons. The molecule has 4 heterocycles. The van der Waals surface area contributed by atoms with E-state index in [2.05, 4.69) is 25.1 Å². The van der Waals surface area contributed by atoms with Crippen molar-refractivity contribution in [3.63, 3.8) is 0 Å². The second kappa shape index (κ2) is 4.92. The lowest BCUT2D eigenvalue weighted by atomic mass is 10.2. The van der Waals surface area contributed by atoms with E-state index in [0.29, 0.717) is 17.6 Å². The van der Waals surface area contributed by atoms with Crippen LogP contribution in [0.25, 0.3) is 28.6 Å². The number of nitrogens with zero attached hydrogens (tertiary/aromatic N) is 6. The van der Waals surface area contributed by atoms with Gasteiger partial charge < -0.3 is 9.26 Å². The normalized spacial score (nSPS) is 11.0. The highest BCUT2D eigenvalue weighted by molar-refractivity contribution is 5.60. The number of hydrogen-bond donors (Lipinski definition) is 0. The molecule has 0 aliphatic heterocycles. The van der Waals surface area contributed by atoms with Gasteiger partial charge in [0.1, 0.15) is 5.69 Å². The fourth-order valence-electron chi connectivity index (χ4n) is 2.11. The van der Waals surface area contributed by atoms with E-state index in [9.17, 15) is 0 Å². The predicted octanol–water partition coefficient (Wildman–Crippen LogP) is 1.85. The van der Waals surface area contributed by atoms with Crippen LogP contribution >= 0.6 is 0 Å². The van der Waals surface area contributed by atoms with Crippen molar-refractivity contribution in [2.24, 2.45) is 0 Å². The fourth-order valence-corrected chi connectivity index (χ4v) is 2.11. The minimum atomic E-state index is 0.389. The standard InChI is InChI=1S/C14H10N6O2/c1-21-12-6-9(2-3-16-12)14-18-13(19-22-14)10-7-17-11-8-15-4-5-20(10)11/h2-8H,1H3. The van der Waals surface area contributed by atoms with Crippen LogP contribution in [0.3, 0.4) is 0 Å². The van der Waals surface area contributed by atoms with E-state index in [1.54, 1.807) is 50.2 Å². The van der Waals surface area contributed by atoms with Crippen molar-refractivity contribution >= 4 is 5.65 Å². The maximum atomic E-state index is 5.32. The molecule has 0 aromatic carbocycles. The molecule has 8 heteroatoms. The summed E-state index contributed by atoms with van der Waals surface area (Å²) < 4.78 is 12.3. The van der Waals surface area contributed by atoms with Gasteiger partial charge >= 0.3 is 0 Å². The summed E-state index contributed by atoms with van der Waals surface area (Å²) in [5.41, 5.74) is 2.18. The third-order valence-electron chi connectivity index (χ3n) is 3.16. The molecular formula is C14H10N6O2. The SMILES string of the molecule is COc1cc(-c2nc(-c3cnc4cnccn34)no2)ccn1. The summed E-state index contributed by atoms with van der Waals surface area (Å²) in [4.78, 5) is 16.7. The molecule has 4 aromatic heterocycles. The van der Waals surface area contributed by atoms with Crippen LogP contribution in [0, 0.1) is 0 Å². The fraction of sp³-hybridized carbons (Fsp3) is 0.0714. The Morgan fingerprint density at radius 1 is 1.18 bits per heavy atom. The molecule has 0 saturated heterocycles. The quantitative estimate of drug-likeness (QED) is 0.569. The van der Waals surface area contributed by atoms with Gasteiger partial charge in [0.05, 0.1) is 19.5 Å². The first-order chi connectivity index (χ1) is 10.8. The average molecular weight is 294 g/mol. The van der Waals surface area contributed by atoms with Crippen molar-refractivity contribution in [1.29, 1.82) is 0 Å². The second-order valence-electron chi connectivity index (χ2n) is 4.46. The summed E-state index contributed by atoms with van der Waals surface area (Å²) in [7, 11) is 1.55. The van der Waals surface area contributed by atoms with Gasteiger partial charge in [0.2, 0.25) is 11.7 Å². The van der Waals surface area contributed by atoms with Crippen molar-refractivity contribution in [3.05, 3.63) is 43.1 Å². The zero-order valence-electron chi connectivity index (χ0n) is 11.5. The van der Waals surface area contributed by atoms with Crippen LogP contribution in [0.4, 0.5) is 0 Å². The molecule has 4 aromatic rings. The third kappa shape index (κ3) is 1.97. The van der Waals surface area contributed by atoms with E-state index in [1.165, 1.54) is 0 Å². The molecule has 0 fully saturated rings. The van der Waals surface area contributed by atoms with E-state index in [-0.39, 0.29) is 0 Å². The molecule has 0 atom stereocenters. The van der Waals surface area contributed by atoms with Crippen LogP contribution in [0.15, 0.2) is 47.6 Å². The summed E-state index contributed by atoms with van der Waals surface area (Å²) in [6.45, 7) is 0. The Labute approximate surface area is 124 Å². The van der Waals surface area contributed by atoms with Gasteiger partial charge in [-0.25, -0.2) is 9.97 Å². The van der Waals surface area contributed by atoms with E-state index < -0.39 is 0 Å². The van der Waals surface area contributed by atoms with Gasteiger partial charge in [-0.3, -0.25) is 9.38 Å². The molecule has 0 bridgehead atoms. The number of pyridine rings is 1. The number of methoxy groups -OCH3 is 1. The molecule has 22 heavy (non-hydrogen) atoms. The van der Waals surface area contributed by atoms with Gasteiger partial charge in [-0.2, -0.15) is 4.98 Å². The average Bonchev–Trinajstić information content (AvgIpc) is 3.21. The summed E-state index contributed by atoms with van der Waals surface area (Å²) in [5, 5.41) is 4.01. The van der Waals surface area contributed by atoms with Crippen LogP contribution in [0.2, 0.25) is 0 Å².